The first-order chi connectivity index (χ1) is 13.7. The zero-order valence-electron chi connectivity index (χ0n) is 16.0. The van der Waals surface area contributed by atoms with Crippen LogP contribution in [0.25, 0.3) is 0 Å². The van der Waals surface area contributed by atoms with Gasteiger partial charge in [-0.05, 0) is 0 Å². The third-order valence-corrected chi connectivity index (χ3v) is 4.80. The van der Waals surface area contributed by atoms with Gasteiger partial charge in [0.1, 0.15) is 48.8 Å². The number of carboxylic acid groups (broad SMARTS) is 1. The van der Waals surface area contributed by atoms with E-state index in [-0.39, 0.29) is 0 Å². The highest BCUT2D eigenvalue weighted by Gasteiger charge is 2.52. The largest absolute Gasteiger partial charge is 0.547 e. The highest BCUT2D eigenvalue weighted by Crippen LogP contribution is 2.30. The molecule has 2 aliphatic rings. The van der Waals surface area contributed by atoms with Crippen molar-refractivity contribution >= 4 is 11.9 Å². The number of carbonyl (C=O) groups excluding carboxylic acids is 2. The fourth-order valence-electron chi connectivity index (χ4n) is 3.38. The number of rotatable bonds is 7. The van der Waals surface area contributed by atoms with E-state index in [2.05, 4.69) is 5.32 Å². The standard InChI is InChI=1S/C16H27NO12/c1-5(19)17-7-11(8(20)6(4-18)27-15(7)26-3)28-16-10(22)9(21)12(25-2)13(29-16)14(23)24/h6-13,15-16,18,20-22H,4H2,1-3H3,(H,17,19)(H,23,24)/p-1/t6?,7?,8-,9?,10?,11?,12+,13?,15-,16-/m1/s1. The van der Waals surface area contributed by atoms with Gasteiger partial charge in [-0.2, -0.15) is 0 Å². The lowest BCUT2D eigenvalue weighted by atomic mass is 9.95. The van der Waals surface area contributed by atoms with E-state index < -0.39 is 79.8 Å². The fraction of sp³-hybridized carbons (Fsp3) is 0.875. The van der Waals surface area contributed by atoms with Crippen LogP contribution in [-0.4, -0.2) is 114 Å². The zero-order chi connectivity index (χ0) is 21.9. The molecule has 0 aliphatic carbocycles. The average Bonchev–Trinajstić information content (AvgIpc) is 2.67. The summed E-state index contributed by atoms with van der Waals surface area (Å²) < 4.78 is 26.1. The lowest BCUT2D eigenvalue weighted by Crippen LogP contribution is -2.68. The minimum atomic E-state index is -1.79. The Morgan fingerprint density at radius 1 is 1.00 bits per heavy atom. The second-order valence-corrected chi connectivity index (χ2v) is 6.70. The maximum atomic E-state index is 11.6. The average molecular weight is 424 g/mol. The van der Waals surface area contributed by atoms with E-state index >= 15 is 0 Å². The van der Waals surface area contributed by atoms with Gasteiger partial charge in [0.05, 0.1) is 12.6 Å². The van der Waals surface area contributed by atoms with Gasteiger partial charge in [0, 0.05) is 21.1 Å². The summed E-state index contributed by atoms with van der Waals surface area (Å²) in [5, 5.41) is 54.2. The predicted molar refractivity (Wildman–Crippen MR) is 87.7 cm³/mol. The lowest BCUT2D eigenvalue weighted by Gasteiger charge is -2.47. The van der Waals surface area contributed by atoms with Crippen LogP contribution >= 0.6 is 0 Å². The molecule has 13 nitrogen and oxygen atoms in total. The predicted octanol–water partition coefficient (Wildman–Crippen LogP) is -5.19. The van der Waals surface area contributed by atoms with Gasteiger partial charge in [-0.3, -0.25) is 4.79 Å². The molecule has 5 N–H and O–H groups in total. The lowest BCUT2D eigenvalue weighted by molar-refractivity contribution is -0.365. The summed E-state index contributed by atoms with van der Waals surface area (Å²) in [5.41, 5.74) is 0. The Bertz CT molecular complexity index is 576. The number of amides is 1. The number of nitrogens with one attached hydrogen (secondary N) is 1. The van der Waals surface area contributed by atoms with Gasteiger partial charge in [-0.25, -0.2) is 0 Å². The Balaban J connectivity index is 2.30. The SMILES string of the molecule is CO[C@@H]1OC(CO)[C@@H](O)C(O[C@@H]2OC(C(=O)[O-])[C@@H](OC)C(O)C2O)C1NC(C)=O. The Hall–Kier alpha value is -1.42. The minimum Gasteiger partial charge on any atom is -0.547 e. The maximum absolute atomic E-state index is 11.6. The van der Waals surface area contributed by atoms with Gasteiger partial charge < -0.3 is 59.3 Å². The molecule has 2 heterocycles. The van der Waals surface area contributed by atoms with Gasteiger partial charge in [0.25, 0.3) is 0 Å². The molecule has 0 radical (unpaired) electrons. The van der Waals surface area contributed by atoms with Crippen LogP contribution in [-0.2, 0) is 33.3 Å². The van der Waals surface area contributed by atoms with E-state index in [1.807, 2.05) is 0 Å². The van der Waals surface area contributed by atoms with E-state index in [1.54, 1.807) is 0 Å². The summed E-state index contributed by atoms with van der Waals surface area (Å²) >= 11 is 0. The second kappa shape index (κ2) is 10.1. The summed E-state index contributed by atoms with van der Waals surface area (Å²) in [6.45, 7) is 0.567. The molecule has 2 saturated heterocycles. The highest BCUT2D eigenvalue weighted by molar-refractivity contribution is 5.73. The molecule has 2 aliphatic heterocycles. The van der Waals surface area contributed by atoms with Crippen LogP contribution in [0.1, 0.15) is 6.92 Å². The van der Waals surface area contributed by atoms with Gasteiger partial charge in [-0.1, -0.05) is 0 Å². The van der Waals surface area contributed by atoms with E-state index in [0.717, 1.165) is 7.11 Å². The summed E-state index contributed by atoms with van der Waals surface area (Å²) in [6.07, 6.45) is -13.7. The second-order valence-electron chi connectivity index (χ2n) is 6.70. The first kappa shape index (κ1) is 23.9. The number of methoxy groups -OCH3 is 2. The quantitative estimate of drug-likeness (QED) is 0.261. The van der Waals surface area contributed by atoms with Crippen LogP contribution < -0.4 is 10.4 Å². The van der Waals surface area contributed by atoms with Crippen LogP contribution in [0, 0.1) is 0 Å². The number of hydrogen-bond acceptors (Lipinski definition) is 12. The number of hydrogen-bond donors (Lipinski definition) is 5. The number of aliphatic hydroxyl groups is 4. The summed E-state index contributed by atoms with van der Waals surface area (Å²) in [7, 11) is 2.37. The van der Waals surface area contributed by atoms with Crippen molar-refractivity contribution in [1.82, 2.24) is 5.32 Å². The molecular formula is C16H26NO12-. The van der Waals surface area contributed by atoms with E-state index in [4.69, 9.17) is 23.7 Å². The normalized spacial score (nSPS) is 43.0. The number of ether oxygens (including phenoxy) is 5. The molecule has 0 spiro atoms. The molecule has 168 valence electrons. The monoisotopic (exact) mass is 424 g/mol. The van der Waals surface area contributed by atoms with Crippen LogP contribution in [0.2, 0.25) is 0 Å². The van der Waals surface area contributed by atoms with Crippen LogP contribution in [0.5, 0.6) is 0 Å². The third kappa shape index (κ3) is 5.02. The topological polar surface area (TPSA) is 196 Å². The Labute approximate surface area is 166 Å². The van der Waals surface area contributed by atoms with Crippen molar-refractivity contribution < 1.29 is 58.8 Å². The smallest absolute Gasteiger partial charge is 0.217 e. The van der Waals surface area contributed by atoms with Gasteiger partial charge in [0.15, 0.2) is 12.6 Å². The third-order valence-electron chi connectivity index (χ3n) is 4.80. The number of aliphatic carboxylic acids is 1. The molecule has 0 aromatic rings. The van der Waals surface area contributed by atoms with Crippen molar-refractivity contribution in [3.63, 3.8) is 0 Å². The summed E-state index contributed by atoms with van der Waals surface area (Å²) in [4.78, 5) is 22.9. The summed E-state index contributed by atoms with van der Waals surface area (Å²) in [6, 6.07) is -1.12. The number of aliphatic hydroxyl groups excluding tert-OH is 4. The van der Waals surface area contributed by atoms with Crippen molar-refractivity contribution in [3.8, 4) is 0 Å². The van der Waals surface area contributed by atoms with E-state index in [9.17, 15) is 35.1 Å². The molecule has 0 aromatic carbocycles. The van der Waals surface area contributed by atoms with Gasteiger partial charge in [0.2, 0.25) is 5.91 Å². The minimum absolute atomic E-state index is 0.527. The molecule has 6 unspecified atom stereocenters. The van der Waals surface area contributed by atoms with Crippen LogP contribution in [0.4, 0.5) is 0 Å². The molecule has 29 heavy (non-hydrogen) atoms. The van der Waals surface area contributed by atoms with Crippen molar-refractivity contribution in [2.75, 3.05) is 20.8 Å². The molecule has 2 rings (SSSR count). The number of carbonyl (C=O) groups is 2. The zero-order valence-corrected chi connectivity index (χ0v) is 16.0. The van der Waals surface area contributed by atoms with Crippen molar-refractivity contribution in [2.45, 2.75) is 68.3 Å². The molecule has 1 amide bonds. The van der Waals surface area contributed by atoms with Crippen molar-refractivity contribution in [3.05, 3.63) is 0 Å². The highest BCUT2D eigenvalue weighted by atomic mass is 16.7. The first-order valence-electron chi connectivity index (χ1n) is 8.81. The van der Waals surface area contributed by atoms with E-state index in [1.165, 1.54) is 14.0 Å². The van der Waals surface area contributed by atoms with E-state index in [0.29, 0.717) is 0 Å². The van der Waals surface area contributed by atoms with Crippen LogP contribution in [0.3, 0.4) is 0 Å². The number of carboxylic acids is 1. The molecule has 13 heteroatoms. The molecule has 0 aromatic heterocycles. The molecule has 0 bridgehead atoms. The molecule has 2 fully saturated rings. The van der Waals surface area contributed by atoms with Crippen molar-refractivity contribution in [2.24, 2.45) is 0 Å². The molecular weight excluding hydrogens is 398 g/mol. The van der Waals surface area contributed by atoms with Gasteiger partial charge in [-0.15, -0.1) is 0 Å². The molecule has 0 saturated carbocycles. The Kier molecular flexibility index (Phi) is 8.28. The van der Waals surface area contributed by atoms with Gasteiger partial charge >= 0.3 is 0 Å². The van der Waals surface area contributed by atoms with Crippen LogP contribution in [0.15, 0.2) is 0 Å². The molecule has 10 atom stereocenters. The maximum Gasteiger partial charge on any atom is 0.217 e. The first-order valence-corrected chi connectivity index (χ1v) is 8.81. The Morgan fingerprint density at radius 2 is 1.66 bits per heavy atom. The summed E-state index contributed by atoms with van der Waals surface area (Å²) in [5.74, 6) is -2.24. The fourth-order valence-corrected chi connectivity index (χ4v) is 3.38. The Morgan fingerprint density at radius 3 is 2.14 bits per heavy atom. The van der Waals surface area contributed by atoms with Crippen molar-refractivity contribution in [1.29, 1.82) is 0 Å².